The molecule has 2 aliphatic rings. The third kappa shape index (κ3) is 5.70. The monoisotopic (exact) mass is 548 g/mol. The van der Waals surface area contributed by atoms with Gasteiger partial charge in [0, 0.05) is 43.1 Å². The van der Waals surface area contributed by atoms with Crippen LogP contribution in [0.4, 0.5) is 30.4 Å². The minimum atomic E-state index is -4.57. The van der Waals surface area contributed by atoms with Gasteiger partial charge in [-0.2, -0.15) is 18.2 Å². The van der Waals surface area contributed by atoms with E-state index in [2.05, 4.69) is 25.5 Å². The number of carbonyl (C=O) groups excluding carboxylic acids is 1. The summed E-state index contributed by atoms with van der Waals surface area (Å²) in [6.45, 7) is 3.63. The molecule has 1 aromatic heterocycles. The molecule has 2 aromatic carbocycles. The van der Waals surface area contributed by atoms with Gasteiger partial charge in [0.2, 0.25) is 5.75 Å². The molecule has 3 heterocycles. The molecule has 0 bridgehead atoms. The topological polar surface area (TPSA) is 91.9 Å². The van der Waals surface area contributed by atoms with Gasteiger partial charge < -0.3 is 29.9 Å². The summed E-state index contributed by atoms with van der Waals surface area (Å²) in [6.07, 6.45) is -3.25. The van der Waals surface area contributed by atoms with E-state index in [1.807, 2.05) is 11.9 Å². The molecule has 1 amide bonds. The number of nitrogens with one attached hydrogen (secondary N) is 2. The highest BCUT2D eigenvalue weighted by Gasteiger charge is 2.32. The number of ether oxygens (including phenoxy) is 2. The van der Waals surface area contributed by atoms with E-state index in [1.54, 1.807) is 6.07 Å². The van der Waals surface area contributed by atoms with Crippen LogP contribution < -0.4 is 25.0 Å². The quantitative estimate of drug-likeness (QED) is 0.472. The van der Waals surface area contributed by atoms with E-state index in [-0.39, 0.29) is 27.9 Å². The second-order valence-electron chi connectivity index (χ2n) is 8.89. The molecule has 3 aromatic rings. The molecule has 13 heteroatoms. The molecule has 2 N–H and O–H groups in total. The Bertz CT molecular complexity index is 1350. The highest BCUT2D eigenvalue weighted by atomic mass is 35.5. The highest BCUT2D eigenvalue weighted by molar-refractivity contribution is 6.32. The molecular weight excluding hydrogens is 525 g/mol. The van der Waals surface area contributed by atoms with E-state index in [1.165, 1.54) is 24.5 Å². The lowest BCUT2D eigenvalue weighted by Crippen LogP contribution is -2.44. The van der Waals surface area contributed by atoms with Crippen molar-refractivity contribution in [2.24, 2.45) is 0 Å². The third-order valence-electron chi connectivity index (χ3n) is 6.18. The first-order valence-electron chi connectivity index (χ1n) is 11.8. The van der Waals surface area contributed by atoms with Crippen LogP contribution in [-0.4, -0.2) is 67.2 Å². The molecule has 9 nitrogen and oxygen atoms in total. The van der Waals surface area contributed by atoms with Crippen molar-refractivity contribution in [2.75, 3.05) is 61.9 Å². The summed E-state index contributed by atoms with van der Waals surface area (Å²) in [7, 11) is 1.96. The van der Waals surface area contributed by atoms with Crippen molar-refractivity contribution in [3.05, 3.63) is 58.9 Å². The second kappa shape index (κ2) is 10.5. The Hall–Kier alpha value is -3.77. The predicted molar refractivity (Wildman–Crippen MR) is 137 cm³/mol. The molecule has 0 spiro atoms. The molecule has 0 unspecified atom stereocenters. The van der Waals surface area contributed by atoms with Crippen molar-refractivity contribution in [3.8, 4) is 17.4 Å². The number of anilines is 3. The van der Waals surface area contributed by atoms with Crippen molar-refractivity contribution in [3.63, 3.8) is 0 Å². The zero-order valence-electron chi connectivity index (χ0n) is 20.3. The average Bonchev–Trinajstić information content (AvgIpc) is 2.89. The summed E-state index contributed by atoms with van der Waals surface area (Å²) in [6, 6.07) is 7.87. The smallest absolute Gasteiger partial charge is 0.416 e. The summed E-state index contributed by atoms with van der Waals surface area (Å²) in [5.74, 6) is 0.591. The van der Waals surface area contributed by atoms with Crippen molar-refractivity contribution in [1.29, 1.82) is 0 Å². The minimum Gasteiger partial charge on any atom is -0.483 e. The Morgan fingerprint density at radius 2 is 1.92 bits per heavy atom. The van der Waals surface area contributed by atoms with Gasteiger partial charge in [-0.25, -0.2) is 4.98 Å². The van der Waals surface area contributed by atoms with Crippen LogP contribution in [0.2, 0.25) is 5.02 Å². The number of fused-ring (bicyclic) bond motifs is 1. The number of hydrogen-bond acceptors (Lipinski definition) is 8. The number of benzene rings is 2. The molecule has 0 atom stereocenters. The average molecular weight is 549 g/mol. The first-order chi connectivity index (χ1) is 18.2. The lowest BCUT2D eigenvalue weighted by molar-refractivity contribution is -0.137. The lowest BCUT2D eigenvalue weighted by atomic mass is 10.1. The van der Waals surface area contributed by atoms with Crippen molar-refractivity contribution < 1.29 is 27.4 Å². The van der Waals surface area contributed by atoms with Crippen LogP contribution in [0.15, 0.2) is 42.7 Å². The zero-order chi connectivity index (χ0) is 26.9. The van der Waals surface area contributed by atoms with Crippen LogP contribution >= 0.6 is 11.6 Å². The number of carbonyl (C=O) groups is 1. The maximum Gasteiger partial charge on any atom is 0.416 e. The van der Waals surface area contributed by atoms with Crippen LogP contribution in [0, 0.1) is 0 Å². The molecule has 1 saturated heterocycles. The fourth-order valence-corrected chi connectivity index (χ4v) is 4.35. The highest BCUT2D eigenvalue weighted by Crippen LogP contribution is 2.39. The number of alkyl halides is 3. The first kappa shape index (κ1) is 25.9. The molecular formula is C25H24ClF3N6O3. The van der Waals surface area contributed by atoms with Gasteiger partial charge in [-0.05, 0) is 43.4 Å². The number of aromatic nitrogens is 2. The number of amides is 1. The number of likely N-dealkylation sites (N-methyl/N-ethyl adjacent to an activating group) is 1. The first-order valence-corrected chi connectivity index (χ1v) is 12.2. The Labute approximate surface area is 221 Å². The maximum atomic E-state index is 13.6. The van der Waals surface area contributed by atoms with Crippen LogP contribution in [0.1, 0.15) is 15.9 Å². The molecule has 0 radical (unpaired) electrons. The van der Waals surface area contributed by atoms with E-state index >= 15 is 0 Å². The Kier molecular flexibility index (Phi) is 7.17. The Morgan fingerprint density at radius 3 is 2.66 bits per heavy atom. The van der Waals surface area contributed by atoms with Gasteiger partial charge in [-0.1, -0.05) is 11.6 Å². The molecule has 200 valence electrons. The number of piperazine rings is 1. The standard InChI is InChI=1S/C25H24ClF3N6O3/c1-34-5-7-35(8-6-34)18-12-16(25(27,28)29)11-17(13-18)33-23(36)15-2-3-20(19(26)10-15)38-24-21-22(31-14-32-24)30-4-9-37-21/h2-3,10-14H,4-9H2,1H3,(H,33,36)(H,30,31,32). The van der Waals surface area contributed by atoms with Crippen LogP contribution in [0.3, 0.4) is 0 Å². The van der Waals surface area contributed by atoms with Gasteiger partial charge in [-0.3, -0.25) is 4.79 Å². The third-order valence-corrected chi connectivity index (χ3v) is 6.48. The van der Waals surface area contributed by atoms with Crippen LogP contribution in [0.25, 0.3) is 0 Å². The molecule has 2 aliphatic heterocycles. The number of rotatable bonds is 5. The molecule has 38 heavy (non-hydrogen) atoms. The van der Waals surface area contributed by atoms with Crippen LogP contribution in [0.5, 0.6) is 17.4 Å². The molecule has 0 saturated carbocycles. The van der Waals surface area contributed by atoms with Gasteiger partial charge in [-0.15, -0.1) is 0 Å². The zero-order valence-corrected chi connectivity index (χ0v) is 21.1. The minimum absolute atomic E-state index is 0.0347. The summed E-state index contributed by atoms with van der Waals surface area (Å²) >= 11 is 6.37. The summed E-state index contributed by atoms with van der Waals surface area (Å²) in [5, 5.41) is 5.75. The van der Waals surface area contributed by atoms with E-state index in [0.717, 1.165) is 25.2 Å². The van der Waals surface area contributed by atoms with Crippen LogP contribution in [-0.2, 0) is 6.18 Å². The summed E-state index contributed by atoms with van der Waals surface area (Å²) in [4.78, 5) is 25.1. The predicted octanol–water partition coefficient (Wildman–Crippen LogP) is 4.75. The molecule has 5 rings (SSSR count). The van der Waals surface area contributed by atoms with Gasteiger partial charge in [0.15, 0.2) is 5.82 Å². The lowest BCUT2D eigenvalue weighted by Gasteiger charge is -2.34. The van der Waals surface area contributed by atoms with Crippen molar-refractivity contribution in [1.82, 2.24) is 14.9 Å². The number of hydrogen-bond donors (Lipinski definition) is 2. The maximum absolute atomic E-state index is 13.6. The molecule has 0 aliphatic carbocycles. The number of halogens is 4. The van der Waals surface area contributed by atoms with E-state index in [9.17, 15) is 18.0 Å². The Balaban J connectivity index is 1.35. The normalized spacial score (nSPS) is 15.8. The summed E-state index contributed by atoms with van der Waals surface area (Å²) < 4.78 is 52.3. The van der Waals surface area contributed by atoms with Crippen molar-refractivity contribution >= 4 is 34.7 Å². The van der Waals surface area contributed by atoms with E-state index < -0.39 is 17.6 Å². The summed E-state index contributed by atoms with van der Waals surface area (Å²) in [5.41, 5.74) is -0.262. The SMILES string of the molecule is CN1CCN(c2cc(NC(=O)c3ccc(Oc4ncnc5c4OCCN5)c(Cl)c3)cc(C(F)(F)F)c2)CC1. The Morgan fingerprint density at radius 1 is 1.13 bits per heavy atom. The van der Waals surface area contributed by atoms with Gasteiger partial charge in [0.1, 0.15) is 18.7 Å². The van der Waals surface area contributed by atoms with Gasteiger partial charge in [0.05, 0.1) is 17.1 Å². The number of nitrogens with zero attached hydrogens (tertiary/aromatic N) is 4. The fourth-order valence-electron chi connectivity index (χ4n) is 4.14. The fraction of sp³-hybridized carbons (Fsp3) is 0.320. The van der Waals surface area contributed by atoms with E-state index in [4.69, 9.17) is 21.1 Å². The molecule has 1 fully saturated rings. The van der Waals surface area contributed by atoms with E-state index in [0.29, 0.717) is 43.5 Å². The van der Waals surface area contributed by atoms with Gasteiger partial charge >= 0.3 is 6.18 Å². The second-order valence-corrected chi connectivity index (χ2v) is 9.30. The van der Waals surface area contributed by atoms with Gasteiger partial charge in [0.25, 0.3) is 11.8 Å². The van der Waals surface area contributed by atoms with Crippen molar-refractivity contribution in [2.45, 2.75) is 6.18 Å². The largest absolute Gasteiger partial charge is 0.483 e.